The van der Waals surface area contributed by atoms with E-state index in [1.807, 2.05) is 0 Å². The van der Waals surface area contributed by atoms with E-state index in [4.69, 9.17) is 23.2 Å². The highest BCUT2D eigenvalue weighted by molar-refractivity contribution is 9.25. The van der Waals surface area contributed by atoms with Crippen LogP contribution in [0, 0.1) is 0 Å². The molecule has 0 fully saturated rings. The van der Waals surface area contributed by atoms with Crippen molar-refractivity contribution < 1.29 is 4.79 Å². The molecular weight excluding hydrogens is 375 g/mol. The molecule has 0 spiro atoms. The fourth-order valence-corrected chi connectivity index (χ4v) is 1.52. The molecule has 0 aliphatic heterocycles. The predicted molar refractivity (Wildman–Crippen MR) is 65.0 cm³/mol. The molecule has 0 N–H and O–H groups in total. The minimum Gasteiger partial charge on any atom is -0.295 e. The summed E-state index contributed by atoms with van der Waals surface area (Å²) in [6, 6.07) is 0. The summed E-state index contributed by atoms with van der Waals surface area (Å²) in [6.07, 6.45) is 1.19. The lowest BCUT2D eigenvalue weighted by atomic mass is 10.4. The number of Topliss-reactive ketones (excluding diaryl/α,β-unsaturated/α-hetero) is 1. The monoisotopic (exact) mass is 376 g/mol. The highest BCUT2D eigenvalue weighted by atomic mass is 79.9. The van der Waals surface area contributed by atoms with Gasteiger partial charge in [-0.3, -0.25) is 9.59 Å². The molecule has 0 aliphatic carbocycles. The third-order valence-electron chi connectivity index (χ3n) is 1.57. The van der Waals surface area contributed by atoms with Crippen LogP contribution in [0.3, 0.4) is 0 Å². The summed E-state index contributed by atoms with van der Waals surface area (Å²) in [4.78, 5) is 22.9. The molecule has 1 aromatic rings. The van der Waals surface area contributed by atoms with Gasteiger partial charge in [0.15, 0.2) is 5.78 Å². The topological polar surface area (TPSA) is 52.0 Å². The van der Waals surface area contributed by atoms with Crippen molar-refractivity contribution in [3.05, 3.63) is 26.6 Å². The first-order valence-corrected chi connectivity index (χ1v) is 5.95. The number of hydrogen-bond acceptors (Lipinski definition) is 3. The van der Waals surface area contributed by atoms with Crippen LogP contribution >= 0.6 is 55.1 Å². The molecule has 0 saturated carbocycles. The molecule has 4 nitrogen and oxygen atoms in total. The maximum Gasteiger partial charge on any atom is 0.289 e. The number of ketones is 1. The summed E-state index contributed by atoms with van der Waals surface area (Å²) in [5, 5.41) is 3.56. The summed E-state index contributed by atoms with van der Waals surface area (Å²) >= 11 is 17.3. The van der Waals surface area contributed by atoms with Crippen molar-refractivity contribution in [3.63, 3.8) is 0 Å². The van der Waals surface area contributed by atoms with Gasteiger partial charge in [0.25, 0.3) is 5.56 Å². The van der Waals surface area contributed by atoms with Gasteiger partial charge in [0, 0.05) is 0 Å². The van der Waals surface area contributed by atoms with Gasteiger partial charge in [0.1, 0.15) is 5.02 Å². The number of aromatic nitrogens is 2. The Balaban J connectivity index is 3.48. The van der Waals surface area contributed by atoms with Crippen molar-refractivity contribution in [2.75, 3.05) is 0 Å². The van der Waals surface area contributed by atoms with Gasteiger partial charge in [-0.2, -0.15) is 9.78 Å². The van der Waals surface area contributed by atoms with Crippen LogP contribution in [0.1, 0.15) is 6.92 Å². The molecule has 0 atom stereocenters. The zero-order chi connectivity index (χ0) is 11.8. The van der Waals surface area contributed by atoms with Crippen LogP contribution < -0.4 is 5.56 Å². The Kier molecular flexibility index (Phi) is 3.97. The Morgan fingerprint density at radius 1 is 1.53 bits per heavy atom. The van der Waals surface area contributed by atoms with E-state index in [9.17, 15) is 9.59 Å². The Bertz CT molecular complexity index is 473. The van der Waals surface area contributed by atoms with Crippen LogP contribution in [-0.4, -0.2) is 15.6 Å². The molecule has 82 valence electrons. The first kappa shape index (κ1) is 13.2. The maximum atomic E-state index is 11.6. The second kappa shape index (κ2) is 4.53. The van der Waals surface area contributed by atoms with Gasteiger partial charge >= 0.3 is 0 Å². The van der Waals surface area contributed by atoms with Gasteiger partial charge < -0.3 is 0 Å². The second-order valence-electron chi connectivity index (χ2n) is 2.62. The van der Waals surface area contributed by atoms with Crippen LogP contribution in [0.15, 0.2) is 11.0 Å². The zero-order valence-electron chi connectivity index (χ0n) is 7.30. The van der Waals surface area contributed by atoms with Gasteiger partial charge in [-0.1, -0.05) is 23.2 Å². The van der Waals surface area contributed by atoms with Crippen LogP contribution in [-0.2, 0) is 8.15 Å². The molecule has 0 bridgehead atoms. The van der Waals surface area contributed by atoms with Gasteiger partial charge in [0.05, 0.1) is 11.2 Å². The molecule has 8 heteroatoms. The van der Waals surface area contributed by atoms with E-state index < -0.39 is 8.92 Å². The number of carbonyl (C=O) groups is 1. The van der Waals surface area contributed by atoms with Gasteiger partial charge in [0.2, 0.25) is 3.36 Å². The summed E-state index contributed by atoms with van der Waals surface area (Å²) in [7, 11) is 0. The lowest BCUT2D eigenvalue weighted by Crippen LogP contribution is -2.38. The summed E-state index contributed by atoms with van der Waals surface area (Å²) in [5.41, 5.74) is -0.659. The lowest BCUT2D eigenvalue weighted by Gasteiger charge is -2.18. The standard InChI is InChI=1S/C7H4Br2Cl2N2O2/c1-3(14)7(8,9)13-6(15)5(11)4(10)2-12-13/h2H,1H3. The van der Waals surface area contributed by atoms with Crippen molar-refractivity contribution in [2.24, 2.45) is 0 Å². The normalized spacial score (nSPS) is 11.5. The quantitative estimate of drug-likeness (QED) is 0.743. The van der Waals surface area contributed by atoms with E-state index in [-0.39, 0.29) is 15.8 Å². The Morgan fingerprint density at radius 2 is 2.07 bits per heavy atom. The number of rotatable bonds is 2. The third-order valence-corrected chi connectivity index (χ3v) is 4.10. The average molecular weight is 379 g/mol. The van der Waals surface area contributed by atoms with E-state index in [0.717, 1.165) is 4.68 Å². The Labute approximate surface area is 112 Å². The summed E-state index contributed by atoms with van der Waals surface area (Å²) in [5.74, 6) is -0.351. The molecule has 1 aromatic heterocycles. The van der Waals surface area contributed by atoms with Crippen molar-refractivity contribution >= 4 is 60.8 Å². The molecule has 0 amide bonds. The van der Waals surface area contributed by atoms with Crippen molar-refractivity contribution in [1.82, 2.24) is 9.78 Å². The minimum atomic E-state index is -1.40. The fourth-order valence-electron chi connectivity index (χ4n) is 0.762. The largest absolute Gasteiger partial charge is 0.295 e. The minimum absolute atomic E-state index is 0.0391. The Morgan fingerprint density at radius 3 is 2.53 bits per heavy atom. The first-order chi connectivity index (χ1) is 6.78. The third kappa shape index (κ3) is 2.43. The maximum absolute atomic E-state index is 11.6. The number of nitrogens with zero attached hydrogens (tertiary/aromatic N) is 2. The zero-order valence-corrected chi connectivity index (χ0v) is 12.0. The van der Waals surface area contributed by atoms with Crippen LogP contribution in [0.2, 0.25) is 10.0 Å². The summed E-state index contributed by atoms with van der Waals surface area (Å²) < 4.78 is -0.533. The molecule has 1 rings (SSSR count). The highest BCUT2D eigenvalue weighted by Gasteiger charge is 2.34. The smallest absolute Gasteiger partial charge is 0.289 e. The lowest BCUT2D eigenvalue weighted by molar-refractivity contribution is -0.118. The fraction of sp³-hybridized carbons (Fsp3) is 0.286. The molecule has 0 aromatic carbocycles. The van der Waals surface area contributed by atoms with Crippen molar-refractivity contribution in [1.29, 1.82) is 0 Å². The van der Waals surface area contributed by atoms with E-state index >= 15 is 0 Å². The van der Waals surface area contributed by atoms with Crippen molar-refractivity contribution in [2.45, 2.75) is 10.3 Å². The molecule has 15 heavy (non-hydrogen) atoms. The Hall–Kier alpha value is 0.0900. The number of carbonyl (C=O) groups excluding carboxylic acids is 1. The molecule has 0 unspecified atom stereocenters. The molecular formula is C7H4Br2Cl2N2O2. The molecule has 0 aliphatic rings. The number of halogens is 4. The highest BCUT2D eigenvalue weighted by Crippen LogP contribution is 2.31. The van der Waals surface area contributed by atoms with Gasteiger partial charge in [-0.15, -0.1) is 0 Å². The van der Waals surface area contributed by atoms with Crippen molar-refractivity contribution in [3.8, 4) is 0 Å². The predicted octanol–water partition coefficient (Wildman–Crippen LogP) is 2.54. The first-order valence-electron chi connectivity index (χ1n) is 3.61. The SMILES string of the molecule is CC(=O)C(Br)(Br)n1ncc(Cl)c(Cl)c1=O. The van der Waals surface area contributed by atoms with Gasteiger partial charge in [-0.25, -0.2) is 0 Å². The van der Waals surface area contributed by atoms with E-state index in [2.05, 4.69) is 37.0 Å². The summed E-state index contributed by atoms with van der Waals surface area (Å²) in [6.45, 7) is 1.29. The van der Waals surface area contributed by atoms with E-state index in [0.29, 0.717) is 0 Å². The molecule has 1 heterocycles. The van der Waals surface area contributed by atoms with Gasteiger partial charge in [-0.05, 0) is 38.8 Å². The van der Waals surface area contributed by atoms with E-state index in [1.54, 1.807) is 0 Å². The number of hydrogen-bond donors (Lipinski definition) is 0. The van der Waals surface area contributed by atoms with E-state index in [1.165, 1.54) is 13.1 Å². The van der Waals surface area contributed by atoms with Crippen LogP contribution in [0.25, 0.3) is 0 Å². The molecule has 0 saturated heterocycles. The van der Waals surface area contributed by atoms with Crippen LogP contribution in [0.5, 0.6) is 0 Å². The second-order valence-corrected chi connectivity index (χ2v) is 6.77. The number of alkyl halides is 2. The van der Waals surface area contributed by atoms with Crippen LogP contribution in [0.4, 0.5) is 0 Å². The molecule has 0 radical (unpaired) electrons. The average Bonchev–Trinajstić information content (AvgIpc) is 2.13.